The molecule has 0 spiro atoms. The third-order valence-corrected chi connectivity index (χ3v) is 6.02. The van der Waals surface area contributed by atoms with Crippen LogP contribution in [0.3, 0.4) is 0 Å². The molecule has 0 radical (unpaired) electrons. The number of hydrogen-bond donors (Lipinski definition) is 0. The van der Waals surface area contributed by atoms with Gasteiger partial charge in [0.1, 0.15) is 30.6 Å². The second-order valence-electron chi connectivity index (χ2n) is 8.13. The lowest BCUT2D eigenvalue weighted by atomic mass is 9.98. The van der Waals surface area contributed by atoms with Gasteiger partial charge < -0.3 is 23.7 Å². The van der Waals surface area contributed by atoms with Gasteiger partial charge in [-0.3, -0.25) is 4.90 Å². The van der Waals surface area contributed by atoms with Gasteiger partial charge in [0.15, 0.2) is 11.5 Å². The highest BCUT2D eigenvalue weighted by atomic mass is 16.5. The normalized spacial score (nSPS) is 14.8. The van der Waals surface area contributed by atoms with Crippen LogP contribution in [0.15, 0.2) is 54.6 Å². The number of methoxy groups -OCH3 is 3. The second kappa shape index (κ2) is 9.08. The molecule has 0 fully saturated rings. The lowest BCUT2D eigenvalue weighted by Gasteiger charge is -2.30. The van der Waals surface area contributed by atoms with E-state index in [1.165, 1.54) is 5.56 Å². The van der Waals surface area contributed by atoms with E-state index in [2.05, 4.69) is 29.2 Å². The van der Waals surface area contributed by atoms with Crippen molar-refractivity contribution < 1.29 is 23.7 Å². The first-order chi connectivity index (χ1) is 16.2. The van der Waals surface area contributed by atoms with Gasteiger partial charge in [0.25, 0.3) is 0 Å². The van der Waals surface area contributed by atoms with Crippen molar-refractivity contribution in [1.82, 2.24) is 4.90 Å². The quantitative estimate of drug-likeness (QED) is 0.532. The van der Waals surface area contributed by atoms with E-state index >= 15 is 0 Å². The van der Waals surface area contributed by atoms with Gasteiger partial charge in [-0.1, -0.05) is 18.2 Å². The number of hydrogen-bond acceptors (Lipinski definition) is 6. The molecule has 170 valence electrons. The van der Waals surface area contributed by atoms with E-state index in [1.807, 2.05) is 36.4 Å². The first kappa shape index (κ1) is 21.2. The minimum Gasteiger partial charge on any atom is -0.497 e. The van der Waals surface area contributed by atoms with Gasteiger partial charge in [-0.15, -0.1) is 0 Å². The van der Waals surface area contributed by atoms with Gasteiger partial charge in [0.05, 0.1) is 21.3 Å². The van der Waals surface area contributed by atoms with E-state index in [-0.39, 0.29) is 0 Å². The molecular formula is C27H27NO5. The van der Waals surface area contributed by atoms with E-state index < -0.39 is 0 Å². The van der Waals surface area contributed by atoms with Crippen LogP contribution < -0.4 is 23.7 Å². The van der Waals surface area contributed by atoms with Gasteiger partial charge in [0, 0.05) is 30.3 Å². The zero-order valence-corrected chi connectivity index (χ0v) is 19.1. The van der Waals surface area contributed by atoms with Crippen molar-refractivity contribution in [1.29, 1.82) is 0 Å². The summed E-state index contributed by atoms with van der Waals surface area (Å²) in [5.74, 6) is 4.02. The minimum atomic E-state index is 0.491. The summed E-state index contributed by atoms with van der Waals surface area (Å²) >= 11 is 0. The SMILES string of the molecule is COc1ccc(CN2COc3cc4c(cc3C2)C=C(c2ccc(OC)c(OC)c2)CO4)cc1. The van der Waals surface area contributed by atoms with E-state index in [1.54, 1.807) is 21.3 Å². The number of nitrogens with zero attached hydrogens (tertiary/aromatic N) is 1. The Balaban J connectivity index is 1.37. The predicted octanol–water partition coefficient (Wildman–Crippen LogP) is 5.00. The Kier molecular flexibility index (Phi) is 5.84. The molecule has 0 atom stereocenters. The van der Waals surface area contributed by atoms with Crippen LogP contribution in [0.2, 0.25) is 0 Å². The maximum Gasteiger partial charge on any atom is 0.161 e. The van der Waals surface area contributed by atoms with Crippen molar-refractivity contribution in [2.45, 2.75) is 13.1 Å². The fourth-order valence-corrected chi connectivity index (χ4v) is 4.25. The number of benzene rings is 3. The van der Waals surface area contributed by atoms with Gasteiger partial charge in [0.2, 0.25) is 0 Å². The minimum absolute atomic E-state index is 0.491. The summed E-state index contributed by atoms with van der Waals surface area (Å²) < 4.78 is 28.2. The molecule has 33 heavy (non-hydrogen) atoms. The molecule has 6 heteroatoms. The van der Waals surface area contributed by atoms with Gasteiger partial charge in [-0.25, -0.2) is 0 Å². The molecule has 3 aromatic rings. The standard InChI is InChI=1S/C27H27NO5/c1-29-23-7-4-18(5-8-23)14-28-15-21-10-20-11-22(16-32-25(20)13-26(21)33-17-28)19-6-9-24(30-2)27(12-19)31-3/h4-13H,14-17H2,1-3H3. The van der Waals surface area contributed by atoms with Crippen molar-refractivity contribution in [2.75, 3.05) is 34.7 Å². The Labute approximate surface area is 193 Å². The van der Waals surface area contributed by atoms with Crippen molar-refractivity contribution >= 4 is 11.6 Å². The van der Waals surface area contributed by atoms with Crippen LogP contribution in [-0.4, -0.2) is 39.6 Å². The maximum absolute atomic E-state index is 6.09. The van der Waals surface area contributed by atoms with Crippen molar-refractivity contribution in [3.63, 3.8) is 0 Å². The molecule has 5 rings (SSSR count). The van der Waals surface area contributed by atoms with Crippen LogP contribution in [0, 0.1) is 0 Å². The first-order valence-corrected chi connectivity index (χ1v) is 10.9. The largest absolute Gasteiger partial charge is 0.497 e. The van der Waals surface area contributed by atoms with Crippen LogP contribution in [-0.2, 0) is 13.1 Å². The zero-order chi connectivity index (χ0) is 22.8. The first-order valence-electron chi connectivity index (χ1n) is 10.9. The highest BCUT2D eigenvalue weighted by Gasteiger charge is 2.22. The molecule has 2 aliphatic heterocycles. The summed E-state index contributed by atoms with van der Waals surface area (Å²) in [5, 5.41) is 0. The molecule has 2 heterocycles. The third kappa shape index (κ3) is 4.34. The fourth-order valence-electron chi connectivity index (χ4n) is 4.25. The van der Waals surface area contributed by atoms with Crippen LogP contribution in [0.5, 0.6) is 28.7 Å². The average molecular weight is 446 g/mol. The van der Waals surface area contributed by atoms with E-state index in [0.717, 1.165) is 52.6 Å². The summed E-state index contributed by atoms with van der Waals surface area (Å²) in [4.78, 5) is 2.28. The van der Waals surface area contributed by atoms with Gasteiger partial charge in [-0.05, 0) is 53.1 Å². The van der Waals surface area contributed by atoms with Crippen molar-refractivity contribution in [3.8, 4) is 28.7 Å². The second-order valence-corrected chi connectivity index (χ2v) is 8.13. The van der Waals surface area contributed by atoms with Crippen molar-refractivity contribution in [3.05, 3.63) is 76.9 Å². The molecule has 0 unspecified atom stereocenters. The lowest BCUT2D eigenvalue weighted by Crippen LogP contribution is -2.31. The monoisotopic (exact) mass is 445 g/mol. The molecule has 0 bridgehead atoms. The fraction of sp³-hybridized carbons (Fsp3) is 0.259. The van der Waals surface area contributed by atoms with Gasteiger partial charge in [-0.2, -0.15) is 0 Å². The van der Waals surface area contributed by atoms with Gasteiger partial charge >= 0.3 is 0 Å². The lowest BCUT2D eigenvalue weighted by molar-refractivity contribution is 0.0883. The Morgan fingerprint density at radius 1 is 0.818 bits per heavy atom. The molecule has 0 aromatic heterocycles. The maximum atomic E-state index is 6.09. The Hall–Kier alpha value is -3.64. The molecule has 6 nitrogen and oxygen atoms in total. The predicted molar refractivity (Wildman–Crippen MR) is 127 cm³/mol. The Bertz CT molecular complexity index is 1190. The van der Waals surface area contributed by atoms with E-state index in [0.29, 0.717) is 24.8 Å². The molecular weight excluding hydrogens is 418 g/mol. The Morgan fingerprint density at radius 2 is 1.64 bits per heavy atom. The molecule has 0 aliphatic carbocycles. The molecule has 2 aliphatic rings. The summed E-state index contributed by atoms with van der Waals surface area (Å²) in [6.45, 7) is 2.66. The number of fused-ring (bicyclic) bond motifs is 2. The summed E-state index contributed by atoms with van der Waals surface area (Å²) in [6, 6.07) is 18.3. The summed E-state index contributed by atoms with van der Waals surface area (Å²) in [6.07, 6.45) is 2.18. The van der Waals surface area contributed by atoms with E-state index in [4.69, 9.17) is 23.7 Å². The molecule has 3 aromatic carbocycles. The number of rotatable bonds is 6. The van der Waals surface area contributed by atoms with Crippen LogP contribution in [0.25, 0.3) is 11.6 Å². The van der Waals surface area contributed by atoms with Crippen LogP contribution >= 0.6 is 0 Å². The highest BCUT2D eigenvalue weighted by Crippen LogP contribution is 2.39. The van der Waals surface area contributed by atoms with Crippen LogP contribution in [0.4, 0.5) is 0 Å². The van der Waals surface area contributed by atoms with Crippen LogP contribution in [0.1, 0.15) is 22.3 Å². The smallest absolute Gasteiger partial charge is 0.161 e. The summed E-state index contributed by atoms with van der Waals surface area (Å²) in [5.41, 5.74) is 5.57. The molecule has 0 saturated carbocycles. The average Bonchev–Trinajstić information content (AvgIpc) is 2.87. The topological polar surface area (TPSA) is 49.4 Å². The van der Waals surface area contributed by atoms with Crippen molar-refractivity contribution in [2.24, 2.45) is 0 Å². The zero-order valence-electron chi connectivity index (χ0n) is 19.1. The van der Waals surface area contributed by atoms with E-state index in [9.17, 15) is 0 Å². The highest BCUT2D eigenvalue weighted by molar-refractivity contribution is 5.86. The number of ether oxygens (including phenoxy) is 5. The molecule has 0 saturated heterocycles. The third-order valence-electron chi connectivity index (χ3n) is 6.02. The molecule has 0 amide bonds. The molecule has 0 N–H and O–H groups in total. The summed E-state index contributed by atoms with van der Waals surface area (Å²) in [7, 11) is 4.96. The Morgan fingerprint density at radius 3 is 2.39 bits per heavy atom.